The van der Waals surface area contributed by atoms with E-state index in [2.05, 4.69) is 71.6 Å². The van der Waals surface area contributed by atoms with Crippen molar-refractivity contribution in [3.05, 3.63) is 84.7 Å². The summed E-state index contributed by atoms with van der Waals surface area (Å²) in [5.41, 5.74) is 4.32. The molecule has 0 amide bonds. The van der Waals surface area contributed by atoms with Crippen molar-refractivity contribution in [3.63, 3.8) is 0 Å². The molecule has 3 aromatic carbocycles. The maximum atomic E-state index is 6.11. The van der Waals surface area contributed by atoms with Gasteiger partial charge in [0.25, 0.3) is 0 Å². The van der Waals surface area contributed by atoms with Gasteiger partial charge < -0.3 is 20.7 Å². The second-order valence-corrected chi connectivity index (χ2v) is 11.9. The number of halogens is 5. The first-order chi connectivity index (χ1) is 18.2. The van der Waals surface area contributed by atoms with Gasteiger partial charge >= 0.3 is 0 Å². The van der Waals surface area contributed by atoms with E-state index in [1.807, 2.05) is 60.9 Å². The van der Waals surface area contributed by atoms with Crippen LogP contribution in [0.5, 0.6) is 5.75 Å². The second-order valence-electron chi connectivity index (χ2n) is 8.53. The molecule has 0 bridgehead atoms. The Bertz CT molecular complexity index is 1360. The molecule has 2 unspecified atom stereocenters. The molecule has 0 radical (unpaired) electrons. The molecular weight excluding hydrogens is 800 g/mol. The summed E-state index contributed by atoms with van der Waals surface area (Å²) in [6, 6.07) is 17.7. The van der Waals surface area contributed by atoms with Gasteiger partial charge in [-0.25, -0.2) is 4.99 Å². The Morgan fingerprint density at radius 1 is 0.949 bits per heavy atom. The van der Waals surface area contributed by atoms with Crippen molar-refractivity contribution >= 4 is 113 Å². The molecule has 2 heterocycles. The van der Waals surface area contributed by atoms with E-state index in [4.69, 9.17) is 27.9 Å². The third kappa shape index (κ3) is 8.65. The van der Waals surface area contributed by atoms with Crippen molar-refractivity contribution in [1.29, 1.82) is 0 Å². The number of para-hydroxylation sites is 1. The quantitative estimate of drug-likeness (QED) is 0.181. The molecular formula is C27H28Br2Cl2IN5OS. The van der Waals surface area contributed by atoms with E-state index in [0.29, 0.717) is 18.2 Å². The van der Waals surface area contributed by atoms with Crippen LogP contribution in [0, 0.1) is 0 Å². The topological polar surface area (TPSA) is 70.0 Å². The molecule has 2 aliphatic heterocycles. The highest BCUT2D eigenvalue weighted by Crippen LogP contribution is 2.39. The minimum atomic E-state index is 0. The summed E-state index contributed by atoms with van der Waals surface area (Å²) in [6.07, 6.45) is 2.01. The Hall–Kier alpha value is -1.18. The number of hydrogen-bond donors (Lipinski definition) is 3. The van der Waals surface area contributed by atoms with Crippen molar-refractivity contribution in [2.24, 2.45) is 9.98 Å². The monoisotopic (exact) mass is 825 g/mol. The number of nitrogens with one attached hydrogen (secondary N) is 3. The molecule has 5 rings (SSSR count). The van der Waals surface area contributed by atoms with Crippen LogP contribution >= 0.6 is 90.8 Å². The third-order valence-corrected chi connectivity index (χ3v) is 8.07. The van der Waals surface area contributed by atoms with E-state index in [9.17, 15) is 0 Å². The van der Waals surface area contributed by atoms with Crippen LogP contribution in [-0.2, 0) is 0 Å². The molecule has 0 spiro atoms. The minimum Gasteiger partial charge on any atom is -0.492 e. The van der Waals surface area contributed by atoms with E-state index < -0.39 is 0 Å². The van der Waals surface area contributed by atoms with Gasteiger partial charge in [0.05, 0.1) is 30.0 Å². The van der Waals surface area contributed by atoms with Crippen LogP contribution in [0.15, 0.2) is 73.5 Å². The lowest BCUT2D eigenvalue weighted by Crippen LogP contribution is -2.38. The highest BCUT2D eigenvalue weighted by atomic mass is 127. The van der Waals surface area contributed by atoms with E-state index in [-0.39, 0.29) is 36.1 Å². The first-order valence-corrected chi connectivity index (χ1v) is 15.4. The maximum absolute atomic E-state index is 6.11. The number of fused-ring (bicyclic) bond motifs is 2. The summed E-state index contributed by atoms with van der Waals surface area (Å²) in [5, 5.41) is 12.3. The zero-order chi connectivity index (χ0) is 27.2. The Kier molecular flexibility index (Phi) is 12.6. The number of hydrogen-bond acceptors (Lipinski definition) is 5. The molecule has 0 aliphatic carbocycles. The van der Waals surface area contributed by atoms with Gasteiger partial charge in [-0.1, -0.05) is 53.2 Å². The van der Waals surface area contributed by atoms with Gasteiger partial charge in [0, 0.05) is 30.1 Å². The fourth-order valence-corrected chi connectivity index (χ4v) is 6.30. The van der Waals surface area contributed by atoms with Gasteiger partial charge in [-0.05, 0) is 88.4 Å². The zero-order valence-corrected chi connectivity index (χ0v) is 29.2. The van der Waals surface area contributed by atoms with E-state index in [0.717, 1.165) is 53.3 Å². The summed E-state index contributed by atoms with van der Waals surface area (Å²) < 4.78 is 7.56. The molecule has 0 fully saturated rings. The van der Waals surface area contributed by atoms with Crippen molar-refractivity contribution in [1.82, 2.24) is 5.32 Å². The van der Waals surface area contributed by atoms with Crippen molar-refractivity contribution in [2.45, 2.75) is 25.9 Å². The van der Waals surface area contributed by atoms with Crippen molar-refractivity contribution in [2.75, 3.05) is 30.0 Å². The predicted molar refractivity (Wildman–Crippen MR) is 186 cm³/mol. The fourth-order valence-electron chi connectivity index (χ4n) is 3.97. The van der Waals surface area contributed by atoms with Gasteiger partial charge in [0.1, 0.15) is 12.4 Å². The van der Waals surface area contributed by atoms with Crippen LogP contribution in [0.2, 0.25) is 10.0 Å². The molecule has 0 saturated carbocycles. The number of thioether (sulfide) groups is 1. The number of nitrogens with zero attached hydrogens (tertiary/aromatic N) is 2. The molecule has 0 saturated heterocycles. The molecule has 3 aromatic rings. The minimum absolute atomic E-state index is 0. The average molecular weight is 828 g/mol. The first kappa shape index (κ1) is 32.3. The summed E-state index contributed by atoms with van der Waals surface area (Å²) >= 11 is 20.8. The summed E-state index contributed by atoms with van der Waals surface area (Å²) in [4.78, 5) is 9.04. The summed E-state index contributed by atoms with van der Waals surface area (Å²) in [6.45, 7) is 5.24. The zero-order valence-electron chi connectivity index (χ0n) is 21.4. The lowest BCUT2D eigenvalue weighted by Gasteiger charge is -2.28. The van der Waals surface area contributed by atoms with Gasteiger partial charge in [0.15, 0.2) is 11.1 Å². The molecule has 2 aliphatic rings. The van der Waals surface area contributed by atoms with Crippen LogP contribution in [0.4, 0.5) is 11.4 Å². The molecule has 6 nitrogen and oxygen atoms in total. The standard InChI is InChI=1S/C17H17BrClN3O.C10H10BrClN2S.HI/c1-11-14-9-12(19)10-15(18)16(14)22-17(21-11)20-7-8-23-13-5-3-2-4-6-13;1-5-7-3-6(12)4-8(11)9(7)14-10(13-5)15-2;/h2-6,9-11H,7-8H2,1H3,(H2,20,21,22);3-5H,1-2H3,(H,13,14);1H. The van der Waals surface area contributed by atoms with Crippen molar-refractivity contribution in [3.8, 4) is 5.75 Å². The molecule has 3 N–H and O–H groups in total. The largest absolute Gasteiger partial charge is 0.492 e. The number of benzene rings is 3. The second kappa shape index (κ2) is 15.2. The van der Waals surface area contributed by atoms with Crippen LogP contribution < -0.4 is 20.7 Å². The Morgan fingerprint density at radius 2 is 1.56 bits per heavy atom. The summed E-state index contributed by atoms with van der Waals surface area (Å²) in [7, 11) is 0. The van der Waals surface area contributed by atoms with E-state index in [1.165, 1.54) is 0 Å². The van der Waals surface area contributed by atoms with Crippen molar-refractivity contribution < 1.29 is 4.74 Å². The van der Waals surface area contributed by atoms with Crippen LogP contribution in [0.3, 0.4) is 0 Å². The van der Waals surface area contributed by atoms with E-state index >= 15 is 0 Å². The van der Waals surface area contributed by atoms with Gasteiger partial charge in [-0.2, -0.15) is 0 Å². The van der Waals surface area contributed by atoms with Crippen LogP contribution in [-0.4, -0.2) is 30.5 Å². The molecule has 208 valence electrons. The highest BCUT2D eigenvalue weighted by molar-refractivity contribution is 14.0. The van der Waals surface area contributed by atoms with E-state index in [1.54, 1.807) is 11.8 Å². The lowest BCUT2D eigenvalue weighted by atomic mass is 10.0. The number of guanidine groups is 1. The Labute approximate surface area is 277 Å². The molecule has 12 heteroatoms. The average Bonchev–Trinajstić information content (AvgIpc) is 2.89. The van der Waals surface area contributed by atoms with Gasteiger partial charge in [-0.15, -0.1) is 24.0 Å². The SMILES string of the molecule is CC1NC(=NCCOc2ccccc2)Nc2c(Br)cc(Cl)cc21.CSC1=NC(C)c2cc(Cl)cc(Br)c2N1.I. The number of rotatable bonds is 4. The number of ether oxygens (including phenoxy) is 1. The smallest absolute Gasteiger partial charge is 0.196 e. The predicted octanol–water partition coefficient (Wildman–Crippen LogP) is 9.54. The fraction of sp³-hybridized carbons (Fsp3) is 0.259. The van der Waals surface area contributed by atoms with Crippen LogP contribution in [0.25, 0.3) is 0 Å². The van der Waals surface area contributed by atoms with Gasteiger partial charge in [0.2, 0.25) is 0 Å². The normalized spacial score (nSPS) is 18.0. The molecule has 2 atom stereocenters. The first-order valence-electron chi connectivity index (χ1n) is 11.9. The Morgan fingerprint density at radius 3 is 2.21 bits per heavy atom. The summed E-state index contributed by atoms with van der Waals surface area (Å²) in [5.74, 6) is 1.60. The highest BCUT2D eigenvalue weighted by Gasteiger charge is 2.22. The lowest BCUT2D eigenvalue weighted by molar-refractivity contribution is 0.328. The Balaban J connectivity index is 0.000000228. The number of anilines is 2. The number of amidine groups is 1. The van der Waals surface area contributed by atoms with Gasteiger partial charge in [-0.3, -0.25) is 4.99 Å². The van der Waals surface area contributed by atoms with Crippen LogP contribution in [0.1, 0.15) is 37.1 Å². The third-order valence-electron chi connectivity index (χ3n) is 5.79. The molecule has 39 heavy (non-hydrogen) atoms. The molecule has 0 aromatic heterocycles. The number of aliphatic imine (C=N–C) groups is 2. The maximum Gasteiger partial charge on any atom is 0.196 e.